The third-order valence-electron chi connectivity index (χ3n) is 6.73. The predicted octanol–water partition coefficient (Wildman–Crippen LogP) is 2.38. The summed E-state index contributed by atoms with van der Waals surface area (Å²) in [7, 11) is 0. The minimum Gasteiger partial charge on any atom is -0.369 e. The topological polar surface area (TPSA) is 95.3 Å². The molecule has 1 radical (unpaired) electrons. The van der Waals surface area contributed by atoms with Crippen LogP contribution in [-0.4, -0.2) is 64.0 Å². The number of H-pyrrole nitrogens is 1. The standard InChI is InChI=1S/C23H32N5O2/c1-16(23(24)30)20-14-17(13-18-15-25-26-22(18)20)5-6-21(29)28-11-7-19(8-12-28)27-9-3-2-4-10-27/h6,13-16,19H,2-5,7-12H2,1H3,(H2,24,30)(H,25,26). The predicted molar refractivity (Wildman–Crippen MR) is 117 cm³/mol. The molecular weight excluding hydrogens is 378 g/mol. The number of nitrogens with one attached hydrogen (secondary N) is 1. The number of primary amides is 1. The van der Waals surface area contributed by atoms with Crippen LogP contribution in [0.5, 0.6) is 0 Å². The van der Waals surface area contributed by atoms with Gasteiger partial charge in [0.15, 0.2) is 0 Å². The zero-order chi connectivity index (χ0) is 21.1. The molecule has 2 amide bonds. The number of benzene rings is 1. The van der Waals surface area contributed by atoms with Crippen LogP contribution in [0.25, 0.3) is 10.9 Å². The molecule has 30 heavy (non-hydrogen) atoms. The molecule has 0 aliphatic carbocycles. The minimum absolute atomic E-state index is 0.101. The van der Waals surface area contributed by atoms with Crippen molar-refractivity contribution >= 4 is 22.7 Å². The molecule has 1 aromatic carbocycles. The van der Waals surface area contributed by atoms with E-state index in [9.17, 15) is 9.59 Å². The van der Waals surface area contributed by atoms with Gasteiger partial charge in [0.05, 0.1) is 24.1 Å². The summed E-state index contributed by atoms with van der Waals surface area (Å²) in [5.41, 5.74) is 8.17. The van der Waals surface area contributed by atoms with E-state index < -0.39 is 5.92 Å². The summed E-state index contributed by atoms with van der Waals surface area (Å²) in [5, 5.41) is 7.97. The number of aromatic amines is 1. The Balaban J connectivity index is 1.35. The van der Waals surface area contributed by atoms with Crippen LogP contribution in [0.4, 0.5) is 0 Å². The number of amides is 2. The summed E-state index contributed by atoms with van der Waals surface area (Å²) < 4.78 is 0. The van der Waals surface area contributed by atoms with Crippen molar-refractivity contribution in [3.05, 3.63) is 35.9 Å². The Kier molecular flexibility index (Phi) is 6.37. The van der Waals surface area contributed by atoms with Crippen LogP contribution in [0.3, 0.4) is 0 Å². The van der Waals surface area contributed by atoms with Gasteiger partial charge in [0.25, 0.3) is 0 Å². The van der Waals surface area contributed by atoms with Crippen molar-refractivity contribution < 1.29 is 9.59 Å². The van der Waals surface area contributed by atoms with Crippen LogP contribution in [0.1, 0.15) is 56.1 Å². The number of fused-ring (bicyclic) bond motifs is 1. The van der Waals surface area contributed by atoms with E-state index in [0.717, 1.165) is 48.0 Å². The fourth-order valence-corrected chi connectivity index (χ4v) is 4.83. The summed E-state index contributed by atoms with van der Waals surface area (Å²) >= 11 is 0. The lowest BCUT2D eigenvalue weighted by molar-refractivity contribution is -0.129. The van der Waals surface area contributed by atoms with Gasteiger partial charge in [0.1, 0.15) is 0 Å². The summed E-state index contributed by atoms with van der Waals surface area (Å²) in [6.45, 7) is 5.89. The molecule has 2 aliphatic rings. The Bertz CT molecular complexity index is 894. The van der Waals surface area contributed by atoms with E-state index >= 15 is 0 Å². The molecular formula is C23H32N5O2. The van der Waals surface area contributed by atoms with Crippen molar-refractivity contribution in [2.45, 2.75) is 57.4 Å². The number of hydrogen-bond acceptors (Lipinski definition) is 4. The van der Waals surface area contributed by atoms with Crippen LogP contribution in [-0.2, 0) is 16.0 Å². The first-order valence-electron chi connectivity index (χ1n) is 11.1. The lowest BCUT2D eigenvalue weighted by Gasteiger charge is -2.40. The third-order valence-corrected chi connectivity index (χ3v) is 6.73. The highest BCUT2D eigenvalue weighted by atomic mass is 16.2. The van der Waals surface area contributed by atoms with Gasteiger partial charge in [-0.05, 0) is 69.3 Å². The molecule has 7 heteroatoms. The number of piperidine rings is 2. The highest BCUT2D eigenvalue weighted by Crippen LogP contribution is 2.27. The molecule has 1 unspecified atom stereocenters. The fraction of sp³-hybridized carbons (Fsp3) is 0.565. The zero-order valence-electron chi connectivity index (χ0n) is 17.8. The van der Waals surface area contributed by atoms with Crippen LogP contribution < -0.4 is 5.73 Å². The summed E-state index contributed by atoms with van der Waals surface area (Å²) in [4.78, 5) is 29.1. The van der Waals surface area contributed by atoms with Gasteiger partial charge in [0, 0.05) is 24.5 Å². The number of carbonyl (C=O) groups is 2. The van der Waals surface area contributed by atoms with E-state index in [4.69, 9.17) is 5.73 Å². The number of likely N-dealkylation sites (tertiary alicyclic amines) is 2. The summed E-state index contributed by atoms with van der Waals surface area (Å²) in [6, 6.07) is 4.61. The van der Waals surface area contributed by atoms with E-state index in [-0.39, 0.29) is 11.8 Å². The molecule has 3 N–H and O–H groups in total. The van der Waals surface area contributed by atoms with Crippen LogP contribution in [0, 0.1) is 6.42 Å². The van der Waals surface area contributed by atoms with Crippen molar-refractivity contribution in [2.75, 3.05) is 26.2 Å². The minimum atomic E-state index is -0.419. The van der Waals surface area contributed by atoms with Gasteiger partial charge in [-0.2, -0.15) is 5.10 Å². The van der Waals surface area contributed by atoms with Crippen molar-refractivity contribution in [2.24, 2.45) is 5.73 Å². The quantitative estimate of drug-likeness (QED) is 0.764. The molecule has 2 aliphatic heterocycles. The molecule has 4 rings (SSSR count). The van der Waals surface area contributed by atoms with Gasteiger partial charge in [-0.15, -0.1) is 0 Å². The van der Waals surface area contributed by atoms with Crippen molar-refractivity contribution in [1.82, 2.24) is 20.0 Å². The van der Waals surface area contributed by atoms with E-state index in [2.05, 4.69) is 15.1 Å². The van der Waals surface area contributed by atoms with E-state index in [1.54, 1.807) is 19.5 Å². The monoisotopic (exact) mass is 410 g/mol. The van der Waals surface area contributed by atoms with Gasteiger partial charge in [-0.3, -0.25) is 14.7 Å². The van der Waals surface area contributed by atoms with Gasteiger partial charge in [-0.25, -0.2) is 0 Å². The van der Waals surface area contributed by atoms with Crippen molar-refractivity contribution in [3.8, 4) is 0 Å². The van der Waals surface area contributed by atoms with Gasteiger partial charge in [0.2, 0.25) is 11.8 Å². The smallest absolute Gasteiger partial charge is 0.226 e. The van der Waals surface area contributed by atoms with E-state index in [0.29, 0.717) is 12.5 Å². The number of rotatable bonds is 6. The maximum atomic E-state index is 12.8. The van der Waals surface area contributed by atoms with Gasteiger partial charge < -0.3 is 15.5 Å². The van der Waals surface area contributed by atoms with Crippen LogP contribution in [0.2, 0.25) is 0 Å². The van der Waals surface area contributed by atoms with Crippen LogP contribution >= 0.6 is 0 Å². The average molecular weight is 411 g/mol. The lowest BCUT2D eigenvalue weighted by atomic mass is 9.94. The Morgan fingerprint density at radius 1 is 1.20 bits per heavy atom. The first-order valence-corrected chi connectivity index (χ1v) is 11.1. The first kappa shape index (κ1) is 20.8. The Morgan fingerprint density at radius 3 is 2.63 bits per heavy atom. The molecule has 161 valence electrons. The molecule has 2 fully saturated rings. The maximum absolute atomic E-state index is 12.8. The molecule has 0 bridgehead atoms. The second-order valence-corrected chi connectivity index (χ2v) is 8.70. The molecule has 1 aromatic heterocycles. The maximum Gasteiger partial charge on any atom is 0.226 e. The molecule has 2 saturated heterocycles. The Labute approximate surface area is 178 Å². The summed E-state index contributed by atoms with van der Waals surface area (Å²) in [6.07, 6.45) is 10.2. The Morgan fingerprint density at radius 2 is 1.93 bits per heavy atom. The third kappa shape index (κ3) is 4.51. The van der Waals surface area contributed by atoms with Crippen molar-refractivity contribution in [3.63, 3.8) is 0 Å². The zero-order valence-corrected chi connectivity index (χ0v) is 17.8. The SMILES string of the molecule is CC(C(N)=O)c1cc(C[CH]C(=O)N2CCC(N3CCCCC3)CC2)cc2cn[nH]c12. The molecule has 0 spiro atoms. The number of aromatic nitrogens is 2. The molecule has 3 heterocycles. The largest absolute Gasteiger partial charge is 0.369 e. The number of carbonyl (C=O) groups excluding carboxylic acids is 2. The normalized spacial score (nSPS) is 19.8. The first-order chi connectivity index (χ1) is 14.5. The van der Waals surface area contributed by atoms with E-state index in [1.807, 2.05) is 17.0 Å². The second kappa shape index (κ2) is 9.16. The lowest BCUT2D eigenvalue weighted by Crippen LogP contribution is -2.48. The highest BCUT2D eigenvalue weighted by molar-refractivity contribution is 5.90. The number of nitrogens with two attached hydrogens (primary N) is 1. The van der Waals surface area contributed by atoms with Crippen LogP contribution in [0.15, 0.2) is 18.3 Å². The molecule has 1 atom stereocenters. The molecule has 0 saturated carbocycles. The van der Waals surface area contributed by atoms with E-state index in [1.165, 1.54) is 32.4 Å². The van der Waals surface area contributed by atoms with Crippen molar-refractivity contribution in [1.29, 1.82) is 0 Å². The van der Waals surface area contributed by atoms with Gasteiger partial charge in [-0.1, -0.05) is 12.5 Å². The number of hydrogen-bond donors (Lipinski definition) is 2. The fourth-order valence-electron chi connectivity index (χ4n) is 4.83. The summed E-state index contributed by atoms with van der Waals surface area (Å²) in [5.74, 6) is -0.694. The average Bonchev–Trinajstić information content (AvgIpc) is 3.25. The van der Waals surface area contributed by atoms with Gasteiger partial charge >= 0.3 is 0 Å². The molecule has 7 nitrogen and oxygen atoms in total. The highest BCUT2D eigenvalue weighted by Gasteiger charge is 2.27. The number of nitrogens with zero attached hydrogens (tertiary/aromatic N) is 3. The second-order valence-electron chi connectivity index (χ2n) is 8.70. The Hall–Kier alpha value is -2.41. The molecule has 2 aromatic rings.